The number of carbonyl (C=O) groups is 3. The summed E-state index contributed by atoms with van der Waals surface area (Å²) in [6.07, 6.45) is -0.275. The molecule has 0 fully saturated rings. The van der Waals surface area contributed by atoms with Crippen molar-refractivity contribution in [2.24, 2.45) is 5.41 Å². The summed E-state index contributed by atoms with van der Waals surface area (Å²) < 4.78 is 1.02. The molecule has 0 aromatic heterocycles. The molecule has 0 saturated carbocycles. The van der Waals surface area contributed by atoms with Gasteiger partial charge in [0.1, 0.15) is 0 Å². The van der Waals surface area contributed by atoms with E-state index in [1.165, 1.54) is 13.8 Å². The van der Waals surface area contributed by atoms with Gasteiger partial charge in [-0.25, -0.2) is 4.79 Å². The zero-order valence-electron chi connectivity index (χ0n) is 11.1. The van der Waals surface area contributed by atoms with E-state index in [1.54, 1.807) is 12.1 Å². The summed E-state index contributed by atoms with van der Waals surface area (Å²) >= 11 is 2.13. The SMILES string of the molecule is CC(C)(CC(=O)NC(=O)Nc1ccc(I)cc1)C(=O)O. The first kappa shape index (κ1) is 16.4. The Kier molecular flexibility index (Phi) is 5.49. The van der Waals surface area contributed by atoms with Gasteiger partial charge in [-0.2, -0.15) is 0 Å². The molecule has 0 spiro atoms. The van der Waals surface area contributed by atoms with Crippen molar-refractivity contribution in [3.8, 4) is 0 Å². The van der Waals surface area contributed by atoms with Gasteiger partial charge in [-0.3, -0.25) is 14.9 Å². The Morgan fingerprint density at radius 3 is 2.25 bits per heavy atom. The van der Waals surface area contributed by atoms with Crippen LogP contribution in [0.25, 0.3) is 0 Å². The standard InChI is InChI=1S/C13H15IN2O4/c1-13(2,11(18)19)7-10(17)16-12(20)15-9-5-3-8(14)4-6-9/h3-6H,7H2,1-2H3,(H,18,19)(H2,15,16,17,20). The molecule has 0 aliphatic rings. The number of hydrogen-bond acceptors (Lipinski definition) is 3. The normalized spacial score (nSPS) is 10.8. The van der Waals surface area contributed by atoms with E-state index >= 15 is 0 Å². The Labute approximate surface area is 130 Å². The third-order valence-electron chi connectivity index (χ3n) is 2.54. The van der Waals surface area contributed by atoms with Gasteiger partial charge in [-0.05, 0) is 60.7 Å². The summed E-state index contributed by atoms with van der Waals surface area (Å²) in [6.45, 7) is 2.85. The fourth-order valence-corrected chi connectivity index (χ4v) is 1.70. The number of benzene rings is 1. The maximum absolute atomic E-state index is 11.6. The lowest BCUT2D eigenvalue weighted by Crippen LogP contribution is -2.38. The fraction of sp³-hybridized carbons (Fsp3) is 0.308. The van der Waals surface area contributed by atoms with Crippen LogP contribution in [0.15, 0.2) is 24.3 Å². The van der Waals surface area contributed by atoms with Gasteiger partial charge in [0.2, 0.25) is 5.91 Å². The number of carboxylic acid groups (broad SMARTS) is 1. The highest BCUT2D eigenvalue weighted by Crippen LogP contribution is 2.20. The molecule has 0 atom stereocenters. The third kappa shape index (κ3) is 5.16. The molecule has 0 aliphatic carbocycles. The molecule has 0 unspecified atom stereocenters. The number of anilines is 1. The average Bonchev–Trinajstić information content (AvgIpc) is 2.30. The van der Waals surface area contributed by atoms with E-state index in [-0.39, 0.29) is 6.42 Å². The monoisotopic (exact) mass is 390 g/mol. The van der Waals surface area contributed by atoms with Crippen LogP contribution in [0.3, 0.4) is 0 Å². The zero-order valence-corrected chi connectivity index (χ0v) is 13.2. The second kappa shape index (κ2) is 6.69. The molecule has 0 radical (unpaired) electrons. The Morgan fingerprint density at radius 2 is 1.75 bits per heavy atom. The minimum absolute atomic E-state index is 0.275. The van der Waals surface area contributed by atoms with Gasteiger partial charge in [0, 0.05) is 15.7 Å². The van der Waals surface area contributed by atoms with Crippen molar-refractivity contribution in [1.82, 2.24) is 5.32 Å². The summed E-state index contributed by atoms with van der Waals surface area (Å²) in [5, 5.41) is 13.5. The maximum atomic E-state index is 11.6. The van der Waals surface area contributed by atoms with E-state index in [0.717, 1.165) is 3.57 Å². The average molecular weight is 390 g/mol. The number of hydrogen-bond donors (Lipinski definition) is 3. The summed E-state index contributed by atoms with van der Waals surface area (Å²) in [4.78, 5) is 34.0. The van der Waals surface area contributed by atoms with Gasteiger partial charge >= 0.3 is 12.0 Å². The van der Waals surface area contributed by atoms with Crippen LogP contribution >= 0.6 is 22.6 Å². The molecule has 1 rings (SSSR count). The molecule has 0 heterocycles. The van der Waals surface area contributed by atoms with Gasteiger partial charge < -0.3 is 10.4 Å². The second-order valence-corrected chi connectivity index (χ2v) is 6.12. The number of carboxylic acids is 1. The van der Waals surface area contributed by atoms with Gasteiger partial charge in [-0.1, -0.05) is 0 Å². The first-order valence-corrected chi connectivity index (χ1v) is 6.88. The fourth-order valence-electron chi connectivity index (χ4n) is 1.34. The second-order valence-electron chi connectivity index (χ2n) is 4.88. The van der Waals surface area contributed by atoms with E-state index in [4.69, 9.17) is 5.11 Å². The van der Waals surface area contributed by atoms with E-state index in [2.05, 4.69) is 33.2 Å². The number of carbonyl (C=O) groups excluding carboxylic acids is 2. The zero-order chi connectivity index (χ0) is 15.3. The third-order valence-corrected chi connectivity index (χ3v) is 3.26. The molecule has 7 heteroatoms. The van der Waals surface area contributed by atoms with Gasteiger partial charge in [0.05, 0.1) is 5.41 Å². The Bertz CT molecular complexity index is 526. The van der Waals surface area contributed by atoms with E-state index in [9.17, 15) is 14.4 Å². The quantitative estimate of drug-likeness (QED) is 0.689. The highest BCUT2D eigenvalue weighted by Gasteiger charge is 2.30. The number of rotatable bonds is 4. The van der Waals surface area contributed by atoms with Gasteiger partial charge in [-0.15, -0.1) is 0 Å². The van der Waals surface area contributed by atoms with E-state index in [0.29, 0.717) is 5.69 Å². The van der Waals surface area contributed by atoms with Gasteiger partial charge in [0.25, 0.3) is 0 Å². The molecule has 1 aromatic carbocycles. The molecule has 6 nitrogen and oxygen atoms in total. The van der Waals surface area contributed by atoms with Crippen molar-refractivity contribution in [3.63, 3.8) is 0 Å². The van der Waals surface area contributed by atoms with Crippen molar-refractivity contribution in [1.29, 1.82) is 0 Å². The lowest BCUT2D eigenvalue weighted by molar-refractivity contribution is -0.149. The number of amides is 3. The highest BCUT2D eigenvalue weighted by atomic mass is 127. The Hall–Kier alpha value is -1.64. The number of imide groups is 1. The molecule has 3 amide bonds. The first-order chi connectivity index (χ1) is 9.20. The summed E-state index contributed by atoms with van der Waals surface area (Å²) in [5.41, 5.74) is -0.666. The Morgan fingerprint density at radius 1 is 1.20 bits per heavy atom. The van der Waals surface area contributed by atoms with Crippen LogP contribution < -0.4 is 10.6 Å². The lowest BCUT2D eigenvalue weighted by atomic mass is 9.89. The van der Waals surface area contributed by atoms with Crippen molar-refractivity contribution < 1.29 is 19.5 Å². The topological polar surface area (TPSA) is 95.5 Å². The molecule has 0 aliphatic heterocycles. The number of aliphatic carboxylic acids is 1. The van der Waals surface area contributed by atoms with Crippen molar-refractivity contribution in [2.75, 3.05) is 5.32 Å². The van der Waals surface area contributed by atoms with Crippen LogP contribution in [-0.2, 0) is 9.59 Å². The number of nitrogens with one attached hydrogen (secondary N) is 2. The molecule has 0 saturated heterocycles. The van der Waals surface area contributed by atoms with Crippen molar-refractivity contribution >= 4 is 46.2 Å². The molecular formula is C13H15IN2O4. The summed E-state index contributed by atoms with van der Waals surface area (Å²) in [7, 11) is 0. The predicted molar refractivity (Wildman–Crippen MR) is 82.4 cm³/mol. The minimum Gasteiger partial charge on any atom is -0.481 e. The van der Waals surface area contributed by atoms with Crippen molar-refractivity contribution in [2.45, 2.75) is 20.3 Å². The van der Waals surface area contributed by atoms with E-state index < -0.39 is 23.3 Å². The van der Waals surface area contributed by atoms with Crippen LogP contribution in [0.5, 0.6) is 0 Å². The molecule has 1 aromatic rings. The molecule has 0 bridgehead atoms. The van der Waals surface area contributed by atoms with Crippen LogP contribution in [0, 0.1) is 8.99 Å². The molecule has 108 valence electrons. The maximum Gasteiger partial charge on any atom is 0.325 e. The summed E-state index contributed by atoms with van der Waals surface area (Å²) in [6, 6.07) is 6.34. The molecule has 20 heavy (non-hydrogen) atoms. The largest absolute Gasteiger partial charge is 0.481 e. The highest BCUT2D eigenvalue weighted by molar-refractivity contribution is 14.1. The number of urea groups is 1. The van der Waals surface area contributed by atoms with Crippen LogP contribution in [0.1, 0.15) is 20.3 Å². The van der Waals surface area contributed by atoms with Gasteiger partial charge in [0.15, 0.2) is 0 Å². The van der Waals surface area contributed by atoms with Crippen LogP contribution in [-0.4, -0.2) is 23.0 Å². The number of halogens is 1. The first-order valence-electron chi connectivity index (χ1n) is 5.80. The molecular weight excluding hydrogens is 375 g/mol. The van der Waals surface area contributed by atoms with Crippen LogP contribution in [0.4, 0.5) is 10.5 Å². The smallest absolute Gasteiger partial charge is 0.325 e. The molecule has 3 N–H and O–H groups in total. The Balaban J connectivity index is 2.52. The predicted octanol–water partition coefficient (Wildman–Crippen LogP) is 2.44. The summed E-state index contributed by atoms with van der Waals surface area (Å²) in [5.74, 6) is -1.73. The van der Waals surface area contributed by atoms with E-state index in [1.807, 2.05) is 12.1 Å². The lowest BCUT2D eigenvalue weighted by Gasteiger charge is -2.17. The van der Waals surface area contributed by atoms with Crippen molar-refractivity contribution in [3.05, 3.63) is 27.8 Å². The van der Waals surface area contributed by atoms with Crippen LogP contribution in [0.2, 0.25) is 0 Å². The minimum atomic E-state index is -1.22.